The monoisotopic (exact) mass is 275 g/mol. The smallest absolute Gasteiger partial charge is 0.253 e. The van der Waals surface area contributed by atoms with Gasteiger partial charge >= 0.3 is 0 Å². The van der Waals surface area contributed by atoms with Crippen LogP contribution < -0.4 is 4.90 Å². The molecule has 0 radical (unpaired) electrons. The van der Waals surface area contributed by atoms with E-state index < -0.39 is 0 Å². The van der Waals surface area contributed by atoms with Gasteiger partial charge in [0, 0.05) is 22.3 Å². The van der Waals surface area contributed by atoms with E-state index in [9.17, 15) is 4.79 Å². The summed E-state index contributed by atoms with van der Waals surface area (Å²) in [5, 5.41) is 0.550. The lowest BCUT2D eigenvalue weighted by atomic mass is 10.2. The van der Waals surface area contributed by atoms with Gasteiger partial charge in [0.1, 0.15) is 0 Å². The summed E-state index contributed by atoms with van der Waals surface area (Å²) < 4.78 is 0. The number of para-hydroxylation sites is 1. The van der Waals surface area contributed by atoms with E-state index in [0.717, 1.165) is 30.6 Å². The number of rotatable bonds is 2. The van der Waals surface area contributed by atoms with E-state index in [4.69, 9.17) is 0 Å². The molecule has 1 unspecified atom stereocenters. The maximum absolute atomic E-state index is 12.6. The van der Waals surface area contributed by atoms with Gasteiger partial charge in [-0.1, -0.05) is 32.1 Å². The van der Waals surface area contributed by atoms with Crippen molar-refractivity contribution in [3.63, 3.8) is 0 Å². The van der Waals surface area contributed by atoms with Crippen LogP contribution in [0.4, 0.5) is 5.69 Å². The Balaban J connectivity index is 2.36. The molecule has 1 aliphatic rings. The first-order valence-electron chi connectivity index (χ1n) is 6.87. The van der Waals surface area contributed by atoms with Gasteiger partial charge in [0.15, 0.2) is 0 Å². The number of carbonyl (C=O) groups is 1. The van der Waals surface area contributed by atoms with Crippen LogP contribution in [0.25, 0.3) is 0 Å². The van der Waals surface area contributed by atoms with Crippen LogP contribution in [0.3, 0.4) is 0 Å². The van der Waals surface area contributed by atoms with Crippen LogP contribution in [0, 0.1) is 0 Å². The minimum absolute atomic E-state index is 0.143. The zero-order valence-electron chi connectivity index (χ0n) is 11.8. The Hall–Kier alpha value is -1.22. The van der Waals surface area contributed by atoms with Crippen LogP contribution in [-0.2, 0) is 4.79 Å². The second-order valence-corrected chi connectivity index (χ2v) is 6.42. The van der Waals surface area contributed by atoms with Gasteiger partial charge in [-0.25, -0.2) is 0 Å². The summed E-state index contributed by atoms with van der Waals surface area (Å²) >= 11 is 1.87. The SMILES string of the molecule is CCC=C(C)C(=O)N1CCC(C)Sc2ccccc21. The molecule has 102 valence electrons. The first kappa shape index (κ1) is 14.2. The molecule has 1 aromatic rings. The Morgan fingerprint density at radius 1 is 1.47 bits per heavy atom. The fourth-order valence-corrected chi connectivity index (χ4v) is 3.42. The van der Waals surface area contributed by atoms with Crippen LogP contribution in [0.15, 0.2) is 40.8 Å². The molecule has 2 rings (SSSR count). The summed E-state index contributed by atoms with van der Waals surface area (Å²) in [4.78, 5) is 15.7. The van der Waals surface area contributed by atoms with Gasteiger partial charge in [-0.05, 0) is 31.9 Å². The molecule has 19 heavy (non-hydrogen) atoms. The average Bonchev–Trinajstić information content (AvgIpc) is 2.56. The first-order valence-corrected chi connectivity index (χ1v) is 7.75. The second-order valence-electron chi connectivity index (χ2n) is 4.94. The summed E-state index contributed by atoms with van der Waals surface area (Å²) in [5.74, 6) is 0.143. The average molecular weight is 275 g/mol. The summed E-state index contributed by atoms with van der Waals surface area (Å²) in [6, 6.07) is 8.22. The maximum atomic E-state index is 12.6. The van der Waals surface area contributed by atoms with Crippen LogP contribution in [0.5, 0.6) is 0 Å². The van der Waals surface area contributed by atoms with Crippen molar-refractivity contribution in [2.24, 2.45) is 0 Å². The van der Waals surface area contributed by atoms with E-state index in [1.807, 2.05) is 41.8 Å². The third-order valence-corrected chi connectivity index (χ3v) is 4.57. The largest absolute Gasteiger partial charge is 0.307 e. The number of benzene rings is 1. The number of fused-ring (bicyclic) bond motifs is 1. The number of thioether (sulfide) groups is 1. The highest BCUT2D eigenvalue weighted by Crippen LogP contribution is 2.37. The summed E-state index contributed by atoms with van der Waals surface area (Å²) in [6.45, 7) is 7.00. The van der Waals surface area contributed by atoms with E-state index in [2.05, 4.69) is 26.0 Å². The summed E-state index contributed by atoms with van der Waals surface area (Å²) in [5.41, 5.74) is 1.91. The predicted molar refractivity (Wildman–Crippen MR) is 82.8 cm³/mol. The van der Waals surface area contributed by atoms with Crippen LogP contribution >= 0.6 is 11.8 Å². The Morgan fingerprint density at radius 3 is 2.95 bits per heavy atom. The molecule has 0 aromatic heterocycles. The molecule has 1 atom stereocenters. The lowest BCUT2D eigenvalue weighted by Crippen LogP contribution is -2.32. The Bertz CT molecular complexity index is 495. The van der Waals surface area contributed by atoms with Crippen molar-refractivity contribution in [2.45, 2.75) is 43.8 Å². The normalized spacial score (nSPS) is 19.8. The standard InChI is InChI=1S/C16H21NOS/c1-4-7-12(2)16(18)17-11-10-13(3)19-15-9-6-5-8-14(15)17/h5-9,13H,4,10-11H2,1-3H3. The molecule has 2 nitrogen and oxygen atoms in total. The number of hydrogen-bond donors (Lipinski definition) is 0. The molecule has 0 spiro atoms. The van der Waals surface area contributed by atoms with Crippen molar-refractivity contribution in [3.8, 4) is 0 Å². The third-order valence-electron chi connectivity index (χ3n) is 3.34. The Labute approximate surface area is 119 Å². The van der Waals surface area contributed by atoms with Crippen molar-refractivity contribution in [1.29, 1.82) is 0 Å². The number of carbonyl (C=O) groups excluding carboxylic acids is 1. The minimum Gasteiger partial charge on any atom is -0.307 e. The Kier molecular flexibility index (Phi) is 4.70. The molecule has 1 aromatic carbocycles. The number of nitrogens with zero attached hydrogens (tertiary/aromatic N) is 1. The molecule has 0 fully saturated rings. The Morgan fingerprint density at radius 2 is 2.21 bits per heavy atom. The first-order chi connectivity index (χ1) is 9.13. The zero-order valence-corrected chi connectivity index (χ0v) is 12.7. The van der Waals surface area contributed by atoms with Gasteiger partial charge in [0.25, 0.3) is 5.91 Å². The highest BCUT2D eigenvalue weighted by Gasteiger charge is 2.24. The molecule has 0 saturated carbocycles. The van der Waals surface area contributed by atoms with Gasteiger partial charge in [0.05, 0.1) is 5.69 Å². The molecule has 0 aliphatic carbocycles. The van der Waals surface area contributed by atoms with Crippen LogP contribution in [-0.4, -0.2) is 17.7 Å². The zero-order chi connectivity index (χ0) is 13.8. The van der Waals surface area contributed by atoms with E-state index in [1.54, 1.807) is 0 Å². The number of hydrogen-bond acceptors (Lipinski definition) is 2. The maximum Gasteiger partial charge on any atom is 0.253 e. The molecule has 0 N–H and O–H groups in total. The molecule has 0 saturated heterocycles. The van der Waals surface area contributed by atoms with Crippen molar-refractivity contribution >= 4 is 23.4 Å². The predicted octanol–water partition coefficient (Wildman–Crippen LogP) is 4.26. The van der Waals surface area contributed by atoms with Gasteiger partial charge in [-0.3, -0.25) is 4.79 Å². The number of amides is 1. The van der Waals surface area contributed by atoms with Crippen LogP contribution in [0.1, 0.15) is 33.6 Å². The quantitative estimate of drug-likeness (QED) is 0.752. The number of anilines is 1. The minimum atomic E-state index is 0.143. The van der Waals surface area contributed by atoms with E-state index in [-0.39, 0.29) is 5.91 Å². The van der Waals surface area contributed by atoms with Crippen molar-refractivity contribution in [1.82, 2.24) is 0 Å². The van der Waals surface area contributed by atoms with Gasteiger partial charge in [-0.15, -0.1) is 11.8 Å². The third kappa shape index (κ3) is 3.21. The summed E-state index contributed by atoms with van der Waals surface area (Å²) in [7, 11) is 0. The molecule has 0 bridgehead atoms. The van der Waals surface area contributed by atoms with E-state index in [0.29, 0.717) is 5.25 Å². The topological polar surface area (TPSA) is 20.3 Å². The fraction of sp³-hybridized carbons (Fsp3) is 0.438. The van der Waals surface area contributed by atoms with Crippen molar-refractivity contribution < 1.29 is 4.79 Å². The summed E-state index contributed by atoms with van der Waals surface area (Å²) in [6.07, 6.45) is 3.94. The van der Waals surface area contributed by atoms with Crippen molar-refractivity contribution in [2.75, 3.05) is 11.4 Å². The molecular formula is C16H21NOS. The van der Waals surface area contributed by atoms with E-state index >= 15 is 0 Å². The molecular weight excluding hydrogens is 254 g/mol. The lowest BCUT2D eigenvalue weighted by molar-refractivity contribution is -0.115. The highest BCUT2D eigenvalue weighted by atomic mass is 32.2. The molecule has 3 heteroatoms. The fourth-order valence-electron chi connectivity index (χ4n) is 2.30. The van der Waals surface area contributed by atoms with Crippen LogP contribution in [0.2, 0.25) is 0 Å². The molecule has 1 amide bonds. The molecule has 1 aliphatic heterocycles. The van der Waals surface area contributed by atoms with Gasteiger partial charge < -0.3 is 4.90 Å². The van der Waals surface area contributed by atoms with Gasteiger partial charge in [-0.2, -0.15) is 0 Å². The van der Waals surface area contributed by atoms with Crippen molar-refractivity contribution in [3.05, 3.63) is 35.9 Å². The lowest BCUT2D eigenvalue weighted by Gasteiger charge is -2.22. The highest BCUT2D eigenvalue weighted by molar-refractivity contribution is 8.00. The van der Waals surface area contributed by atoms with Gasteiger partial charge in [0.2, 0.25) is 0 Å². The second kappa shape index (κ2) is 6.29. The number of allylic oxidation sites excluding steroid dienone is 1. The molecule has 1 heterocycles. The van der Waals surface area contributed by atoms with E-state index in [1.165, 1.54) is 4.90 Å².